The Kier molecular flexibility index (Phi) is 7.97. The first kappa shape index (κ1) is 34.0. The molecule has 0 amide bonds. The first-order valence-electron chi connectivity index (χ1n) is 20.1. The molecule has 59 heavy (non-hydrogen) atoms. The zero-order chi connectivity index (χ0) is 38.9. The van der Waals surface area contributed by atoms with Crippen molar-refractivity contribution in [2.75, 3.05) is 4.90 Å². The van der Waals surface area contributed by atoms with Crippen molar-refractivity contribution >= 4 is 102 Å². The molecule has 0 fully saturated rings. The molecule has 0 unspecified atom stereocenters. The number of nitrogens with zero attached hydrogens (tertiary/aromatic N) is 1. The number of anilines is 3. The molecule has 0 N–H and O–H groups in total. The van der Waals surface area contributed by atoms with Crippen molar-refractivity contribution in [3.05, 3.63) is 212 Å². The average Bonchev–Trinajstić information content (AvgIpc) is 3.88. The standard InChI is InChI=1S/C56H35NS2/c1-2-13-36(14-3-1)50-35-41(30-31-43(50)39-27-32-55-51(34-39)47-20-9-10-23-53(47)58-55)57(52-22-12-21-48-46-19-8-11-24-54(46)59-56(48)52)40-28-25-37(26-29-40)49-33-38-15-4-5-16-42(38)44-17-6-7-18-45(44)49/h1-35H. The molecule has 0 saturated carbocycles. The SMILES string of the molecule is c1ccc(-c2cc(N(c3ccc(-c4cc5ccccc5c5ccccc45)cc3)c3cccc4c3sc3ccccc34)ccc2-c2ccc3sc4ccccc4c3c2)cc1. The number of hydrogen-bond donors (Lipinski definition) is 0. The van der Waals surface area contributed by atoms with Crippen LogP contribution in [0.5, 0.6) is 0 Å². The quantitative estimate of drug-likeness (QED) is 0.152. The van der Waals surface area contributed by atoms with Crippen LogP contribution in [-0.2, 0) is 0 Å². The van der Waals surface area contributed by atoms with Crippen molar-refractivity contribution in [1.29, 1.82) is 0 Å². The molecular weight excluding hydrogens is 751 g/mol. The van der Waals surface area contributed by atoms with Gasteiger partial charge >= 0.3 is 0 Å². The normalized spacial score (nSPS) is 11.7. The van der Waals surface area contributed by atoms with Crippen LogP contribution in [0.2, 0.25) is 0 Å². The van der Waals surface area contributed by atoms with E-state index in [0.717, 1.165) is 11.4 Å². The van der Waals surface area contributed by atoms with Crippen LogP contribution < -0.4 is 4.90 Å². The van der Waals surface area contributed by atoms with Gasteiger partial charge in [-0.2, -0.15) is 0 Å². The van der Waals surface area contributed by atoms with Crippen molar-refractivity contribution in [2.24, 2.45) is 0 Å². The summed E-state index contributed by atoms with van der Waals surface area (Å²) in [7, 11) is 0. The van der Waals surface area contributed by atoms with Gasteiger partial charge in [0.25, 0.3) is 0 Å². The molecule has 3 heteroatoms. The lowest BCUT2D eigenvalue weighted by Crippen LogP contribution is -2.10. The van der Waals surface area contributed by atoms with Crippen molar-refractivity contribution in [2.45, 2.75) is 0 Å². The molecule has 0 bridgehead atoms. The highest BCUT2D eigenvalue weighted by Crippen LogP contribution is 2.47. The molecule has 0 aliphatic rings. The topological polar surface area (TPSA) is 3.24 Å². The molecule has 10 aromatic carbocycles. The predicted molar refractivity (Wildman–Crippen MR) is 258 cm³/mol. The van der Waals surface area contributed by atoms with Gasteiger partial charge in [-0.25, -0.2) is 0 Å². The maximum absolute atomic E-state index is 2.46. The summed E-state index contributed by atoms with van der Waals surface area (Å²) in [6.45, 7) is 0. The third-order valence-electron chi connectivity index (χ3n) is 11.9. The van der Waals surface area contributed by atoms with E-state index in [1.807, 2.05) is 22.7 Å². The van der Waals surface area contributed by atoms with E-state index < -0.39 is 0 Å². The predicted octanol–water partition coefficient (Wildman–Crippen LogP) is 17.2. The molecule has 12 aromatic rings. The Morgan fingerprint density at radius 2 is 0.881 bits per heavy atom. The Labute approximate surface area is 350 Å². The fraction of sp³-hybridized carbons (Fsp3) is 0. The van der Waals surface area contributed by atoms with Gasteiger partial charge in [0.05, 0.1) is 10.4 Å². The van der Waals surface area contributed by atoms with Gasteiger partial charge in [-0.15, -0.1) is 22.7 Å². The zero-order valence-corrected chi connectivity index (χ0v) is 33.6. The zero-order valence-electron chi connectivity index (χ0n) is 32.0. The number of rotatable bonds is 6. The van der Waals surface area contributed by atoms with E-state index in [4.69, 9.17) is 0 Å². The molecule has 1 nitrogen and oxygen atoms in total. The van der Waals surface area contributed by atoms with Crippen LogP contribution in [0.15, 0.2) is 212 Å². The summed E-state index contributed by atoms with van der Waals surface area (Å²) in [4.78, 5) is 2.46. The molecule has 2 aromatic heterocycles. The summed E-state index contributed by atoms with van der Waals surface area (Å²) in [6, 6.07) is 78.3. The Morgan fingerprint density at radius 3 is 1.69 bits per heavy atom. The van der Waals surface area contributed by atoms with E-state index in [0.29, 0.717) is 0 Å². The first-order valence-corrected chi connectivity index (χ1v) is 21.7. The lowest BCUT2D eigenvalue weighted by molar-refractivity contribution is 1.30. The van der Waals surface area contributed by atoms with E-state index in [2.05, 4.69) is 217 Å². The van der Waals surface area contributed by atoms with Crippen LogP contribution in [0, 0.1) is 0 Å². The number of thiophene rings is 2. The third-order valence-corrected chi connectivity index (χ3v) is 14.2. The Bertz CT molecular complexity index is 3560. The van der Waals surface area contributed by atoms with Crippen molar-refractivity contribution in [3.8, 4) is 33.4 Å². The first-order chi connectivity index (χ1) is 29.2. The molecule has 0 atom stereocenters. The second kappa shape index (κ2) is 13.8. The van der Waals surface area contributed by atoms with Crippen LogP contribution in [0.3, 0.4) is 0 Å². The van der Waals surface area contributed by atoms with Gasteiger partial charge in [-0.1, -0.05) is 152 Å². The second-order valence-electron chi connectivity index (χ2n) is 15.2. The molecule has 0 radical (unpaired) electrons. The highest BCUT2D eigenvalue weighted by atomic mass is 32.1. The summed E-state index contributed by atoms with van der Waals surface area (Å²) >= 11 is 3.74. The Morgan fingerprint density at radius 1 is 0.288 bits per heavy atom. The minimum atomic E-state index is 1.11. The smallest absolute Gasteiger partial charge is 0.0640 e. The maximum atomic E-state index is 2.46. The number of benzene rings is 10. The van der Waals surface area contributed by atoms with Gasteiger partial charge < -0.3 is 4.90 Å². The third kappa shape index (κ3) is 5.66. The van der Waals surface area contributed by atoms with Gasteiger partial charge in [-0.3, -0.25) is 0 Å². The largest absolute Gasteiger partial charge is 0.309 e. The highest BCUT2D eigenvalue weighted by Gasteiger charge is 2.21. The molecule has 0 aliphatic heterocycles. The van der Waals surface area contributed by atoms with Gasteiger partial charge in [0, 0.05) is 47.0 Å². The van der Waals surface area contributed by atoms with Gasteiger partial charge in [0.15, 0.2) is 0 Å². The lowest BCUT2D eigenvalue weighted by atomic mass is 9.92. The Hall–Kier alpha value is -7.04. The summed E-state index contributed by atoms with van der Waals surface area (Å²) in [6.07, 6.45) is 0. The highest BCUT2D eigenvalue weighted by molar-refractivity contribution is 7.26. The summed E-state index contributed by atoms with van der Waals surface area (Å²) in [5.41, 5.74) is 10.7. The van der Waals surface area contributed by atoms with E-state index in [9.17, 15) is 0 Å². The fourth-order valence-electron chi connectivity index (χ4n) is 9.09. The minimum Gasteiger partial charge on any atom is -0.309 e. The summed E-state index contributed by atoms with van der Waals surface area (Å²) in [5.74, 6) is 0. The number of hydrogen-bond acceptors (Lipinski definition) is 3. The molecule has 276 valence electrons. The molecule has 0 aliphatic carbocycles. The molecular formula is C56H35NS2. The number of fused-ring (bicyclic) bond motifs is 9. The molecule has 2 heterocycles. The van der Waals surface area contributed by atoms with Crippen molar-refractivity contribution < 1.29 is 0 Å². The van der Waals surface area contributed by atoms with E-state index >= 15 is 0 Å². The Balaban J connectivity index is 1.06. The second-order valence-corrected chi connectivity index (χ2v) is 17.4. The van der Waals surface area contributed by atoms with Crippen LogP contribution in [-0.4, -0.2) is 0 Å². The molecule has 0 saturated heterocycles. The molecule has 12 rings (SSSR count). The van der Waals surface area contributed by atoms with Crippen molar-refractivity contribution in [3.63, 3.8) is 0 Å². The lowest BCUT2D eigenvalue weighted by Gasteiger charge is -2.27. The minimum absolute atomic E-state index is 1.11. The van der Waals surface area contributed by atoms with Gasteiger partial charge in [-0.05, 0) is 116 Å². The van der Waals surface area contributed by atoms with E-state index in [1.54, 1.807) is 0 Å². The molecule has 0 spiro atoms. The van der Waals surface area contributed by atoms with Crippen LogP contribution in [0.25, 0.3) is 95.3 Å². The monoisotopic (exact) mass is 785 g/mol. The van der Waals surface area contributed by atoms with Gasteiger partial charge in [0.2, 0.25) is 0 Å². The van der Waals surface area contributed by atoms with Gasteiger partial charge in [0.1, 0.15) is 0 Å². The summed E-state index contributed by atoms with van der Waals surface area (Å²) in [5, 5.41) is 10.3. The maximum Gasteiger partial charge on any atom is 0.0640 e. The fourth-order valence-corrected chi connectivity index (χ4v) is 11.4. The average molecular weight is 786 g/mol. The van der Waals surface area contributed by atoms with Crippen molar-refractivity contribution in [1.82, 2.24) is 0 Å². The van der Waals surface area contributed by atoms with Crippen LogP contribution >= 0.6 is 22.7 Å². The summed E-state index contributed by atoms with van der Waals surface area (Å²) < 4.78 is 5.21. The van der Waals surface area contributed by atoms with E-state index in [1.165, 1.54) is 101 Å². The van der Waals surface area contributed by atoms with Crippen LogP contribution in [0.4, 0.5) is 17.1 Å². The van der Waals surface area contributed by atoms with E-state index in [-0.39, 0.29) is 0 Å². The van der Waals surface area contributed by atoms with Crippen LogP contribution in [0.1, 0.15) is 0 Å².